The Kier molecular flexibility index (Phi) is 3.45. The number of hydrogen-bond acceptors (Lipinski definition) is 3. The van der Waals surface area contributed by atoms with Gasteiger partial charge in [0.05, 0.1) is 17.3 Å². The molecule has 2 aromatic rings. The van der Waals surface area contributed by atoms with Crippen LogP contribution in [0.1, 0.15) is 24.2 Å². The lowest BCUT2D eigenvalue weighted by atomic mass is 10.0. The second kappa shape index (κ2) is 4.65. The van der Waals surface area contributed by atoms with Crippen LogP contribution >= 0.6 is 11.6 Å². The van der Waals surface area contributed by atoms with Gasteiger partial charge in [0.1, 0.15) is 5.15 Å². The summed E-state index contributed by atoms with van der Waals surface area (Å²) in [5, 5.41) is 0.527. The number of carbonyl (C=O) groups excluding carboxylic acids is 1. The second-order valence-electron chi connectivity index (χ2n) is 4.73. The fraction of sp³-hybridized carbons (Fsp3) is 0.308. The lowest BCUT2D eigenvalue weighted by Gasteiger charge is -2.04. The van der Waals surface area contributed by atoms with Crippen molar-refractivity contribution in [3.05, 3.63) is 35.0 Å². The van der Waals surface area contributed by atoms with Crippen LogP contribution in [0.15, 0.2) is 24.3 Å². The molecule has 0 aliphatic rings. The summed E-state index contributed by atoms with van der Waals surface area (Å²) < 4.78 is 24.7. The van der Waals surface area contributed by atoms with Crippen molar-refractivity contribution in [2.24, 2.45) is 5.92 Å². The molecular formula is C13H14ClNO3S. The molecule has 0 radical (unpaired) electrons. The fourth-order valence-electron chi connectivity index (χ4n) is 2.03. The van der Waals surface area contributed by atoms with Gasteiger partial charge in [0.15, 0.2) is 5.78 Å². The van der Waals surface area contributed by atoms with Gasteiger partial charge in [-0.1, -0.05) is 43.6 Å². The minimum absolute atomic E-state index is 0.0394. The highest BCUT2D eigenvalue weighted by atomic mass is 35.5. The van der Waals surface area contributed by atoms with E-state index in [0.29, 0.717) is 10.9 Å². The van der Waals surface area contributed by atoms with Crippen molar-refractivity contribution in [3.8, 4) is 0 Å². The third-order valence-electron chi connectivity index (χ3n) is 2.88. The van der Waals surface area contributed by atoms with E-state index in [4.69, 9.17) is 11.6 Å². The SMILES string of the molecule is CC(C)C(=O)c1c(Cl)n(S(C)(=O)=O)c2ccccc12. The first-order valence-corrected chi connectivity index (χ1v) is 8.01. The molecule has 2 rings (SSSR count). The first kappa shape index (κ1) is 14.1. The van der Waals surface area contributed by atoms with Gasteiger partial charge in [-0.2, -0.15) is 0 Å². The summed E-state index contributed by atoms with van der Waals surface area (Å²) in [6.45, 7) is 3.51. The average Bonchev–Trinajstić information content (AvgIpc) is 2.59. The molecule has 0 bridgehead atoms. The van der Waals surface area contributed by atoms with Crippen LogP contribution in [0.3, 0.4) is 0 Å². The van der Waals surface area contributed by atoms with Crippen LogP contribution in [0.2, 0.25) is 5.15 Å². The van der Waals surface area contributed by atoms with Crippen LogP contribution in [-0.4, -0.2) is 24.4 Å². The van der Waals surface area contributed by atoms with Gasteiger partial charge in [-0.3, -0.25) is 4.79 Å². The summed E-state index contributed by atoms with van der Waals surface area (Å²) in [4.78, 5) is 12.2. The molecule has 0 saturated carbocycles. The smallest absolute Gasteiger partial charge is 0.237 e. The molecule has 0 aliphatic carbocycles. The molecule has 0 amide bonds. The van der Waals surface area contributed by atoms with E-state index in [2.05, 4.69) is 0 Å². The molecule has 0 unspecified atom stereocenters. The van der Waals surface area contributed by atoms with Crippen LogP contribution in [0.25, 0.3) is 10.9 Å². The number of aromatic nitrogens is 1. The van der Waals surface area contributed by atoms with Crippen LogP contribution in [-0.2, 0) is 10.0 Å². The van der Waals surface area contributed by atoms with Crippen LogP contribution < -0.4 is 0 Å². The Morgan fingerprint density at radius 3 is 2.37 bits per heavy atom. The fourth-order valence-corrected chi connectivity index (χ4v) is 3.59. The number of ketones is 1. The molecular weight excluding hydrogens is 286 g/mol. The third kappa shape index (κ3) is 2.28. The molecule has 102 valence electrons. The minimum Gasteiger partial charge on any atom is -0.294 e. The van der Waals surface area contributed by atoms with E-state index in [0.717, 1.165) is 10.2 Å². The maximum atomic E-state index is 12.2. The van der Waals surface area contributed by atoms with E-state index < -0.39 is 10.0 Å². The van der Waals surface area contributed by atoms with Gasteiger partial charge in [0.2, 0.25) is 10.0 Å². The number of rotatable bonds is 3. The normalized spacial score (nSPS) is 12.3. The number of fused-ring (bicyclic) bond motifs is 1. The average molecular weight is 300 g/mol. The van der Waals surface area contributed by atoms with E-state index in [1.165, 1.54) is 0 Å². The van der Waals surface area contributed by atoms with E-state index in [-0.39, 0.29) is 22.4 Å². The molecule has 0 aliphatic heterocycles. The summed E-state index contributed by atoms with van der Waals surface area (Å²) in [7, 11) is -3.57. The zero-order valence-electron chi connectivity index (χ0n) is 10.8. The van der Waals surface area contributed by atoms with E-state index in [1.54, 1.807) is 38.1 Å². The van der Waals surface area contributed by atoms with Crippen LogP contribution in [0.5, 0.6) is 0 Å². The van der Waals surface area contributed by atoms with Gasteiger partial charge in [-0.15, -0.1) is 0 Å². The largest absolute Gasteiger partial charge is 0.294 e. The summed E-state index contributed by atoms with van der Waals surface area (Å²) in [5.74, 6) is -0.417. The van der Waals surface area contributed by atoms with Crippen LogP contribution in [0.4, 0.5) is 0 Å². The third-order valence-corrected chi connectivity index (χ3v) is 4.38. The highest BCUT2D eigenvalue weighted by Gasteiger charge is 2.26. The maximum absolute atomic E-state index is 12.2. The molecule has 0 fully saturated rings. The second-order valence-corrected chi connectivity index (χ2v) is 6.92. The number of halogens is 1. The zero-order valence-corrected chi connectivity index (χ0v) is 12.4. The summed E-state index contributed by atoms with van der Waals surface area (Å²) in [6, 6.07) is 6.81. The zero-order chi connectivity index (χ0) is 14.4. The van der Waals surface area contributed by atoms with Gasteiger partial charge in [-0.25, -0.2) is 12.4 Å². The number of hydrogen-bond donors (Lipinski definition) is 0. The molecule has 6 heteroatoms. The predicted octanol–water partition coefficient (Wildman–Crippen LogP) is 2.94. The van der Waals surface area contributed by atoms with Gasteiger partial charge >= 0.3 is 0 Å². The number of benzene rings is 1. The standard InChI is InChI=1S/C13H14ClNO3S/c1-8(2)12(16)11-9-6-4-5-7-10(9)15(13(11)14)19(3,17)18/h4-8H,1-3H3. The monoisotopic (exact) mass is 299 g/mol. The van der Waals surface area contributed by atoms with Gasteiger partial charge < -0.3 is 0 Å². The van der Waals surface area contributed by atoms with Gasteiger partial charge in [0, 0.05) is 11.3 Å². The molecule has 1 heterocycles. The van der Waals surface area contributed by atoms with Crippen molar-refractivity contribution >= 4 is 38.3 Å². The Morgan fingerprint density at radius 2 is 1.84 bits per heavy atom. The Hall–Kier alpha value is -1.33. The van der Waals surface area contributed by atoms with Gasteiger partial charge in [0.25, 0.3) is 0 Å². The van der Waals surface area contributed by atoms with Crippen molar-refractivity contribution in [2.75, 3.05) is 6.26 Å². The van der Waals surface area contributed by atoms with E-state index >= 15 is 0 Å². The van der Waals surface area contributed by atoms with E-state index in [1.807, 2.05) is 0 Å². The van der Waals surface area contributed by atoms with Crippen molar-refractivity contribution in [2.45, 2.75) is 13.8 Å². The molecule has 0 saturated heterocycles. The number of Topliss-reactive ketones (excluding diaryl/α,β-unsaturated/α-hetero) is 1. The lowest BCUT2D eigenvalue weighted by molar-refractivity contribution is 0.0941. The topological polar surface area (TPSA) is 56.1 Å². The molecule has 1 aromatic carbocycles. The maximum Gasteiger partial charge on any atom is 0.237 e. The molecule has 1 aromatic heterocycles. The number of nitrogens with zero attached hydrogens (tertiary/aromatic N) is 1. The van der Waals surface area contributed by atoms with Gasteiger partial charge in [-0.05, 0) is 6.07 Å². The molecule has 0 atom stereocenters. The molecule has 19 heavy (non-hydrogen) atoms. The lowest BCUT2D eigenvalue weighted by Crippen LogP contribution is -2.12. The molecule has 4 nitrogen and oxygen atoms in total. The highest BCUT2D eigenvalue weighted by molar-refractivity contribution is 7.89. The Balaban J connectivity index is 2.95. The van der Waals surface area contributed by atoms with Crippen molar-refractivity contribution in [1.82, 2.24) is 3.97 Å². The van der Waals surface area contributed by atoms with Crippen LogP contribution in [0, 0.1) is 5.92 Å². The Bertz CT molecular complexity index is 760. The molecule has 0 spiro atoms. The summed E-state index contributed by atoms with van der Waals surface area (Å²) in [5.41, 5.74) is 0.705. The first-order chi connectivity index (χ1) is 8.75. The van der Waals surface area contributed by atoms with E-state index in [9.17, 15) is 13.2 Å². The predicted molar refractivity (Wildman–Crippen MR) is 76.4 cm³/mol. The quantitative estimate of drug-likeness (QED) is 0.819. The first-order valence-electron chi connectivity index (χ1n) is 5.79. The Labute approximate surface area is 117 Å². The van der Waals surface area contributed by atoms with Crippen molar-refractivity contribution in [1.29, 1.82) is 0 Å². The number of carbonyl (C=O) groups is 1. The molecule has 0 N–H and O–H groups in total. The van der Waals surface area contributed by atoms with Crippen molar-refractivity contribution < 1.29 is 13.2 Å². The minimum atomic E-state index is -3.57. The van der Waals surface area contributed by atoms with Crippen molar-refractivity contribution in [3.63, 3.8) is 0 Å². The summed E-state index contributed by atoms with van der Waals surface area (Å²) >= 11 is 6.14. The summed E-state index contributed by atoms with van der Waals surface area (Å²) in [6.07, 6.45) is 1.06. The number of para-hydroxylation sites is 1. The Morgan fingerprint density at radius 1 is 1.26 bits per heavy atom. The highest BCUT2D eigenvalue weighted by Crippen LogP contribution is 2.32.